The Balaban J connectivity index is 2.25. The summed E-state index contributed by atoms with van der Waals surface area (Å²) >= 11 is 5.87. The van der Waals surface area contributed by atoms with Gasteiger partial charge in [-0.15, -0.1) is 0 Å². The molecular weight excluding hydrogens is 250 g/mol. The van der Waals surface area contributed by atoms with Crippen molar-refractivity contribution < 1.29 is 4.79 Å². The highest BCUT2D eigenvalue weighted by Crippen LogP contribution is 2.20. The molecule has 0 fully saturated rings. The van der Waals surface area contributed by atoms with Gasteiger partial charge in [0, 0.05) is 17.4 Å². The van der Waals surface area contributed by atoms with E-state index in [1.165, 1.54) is 0 Å². The zero-order valence-electron chi connectivity index (χ0n) is 9.77. The minimum atomic E-state index is -0.234. The Labute approximate surface area is 110 Å². The molecular formula is C13H12ClN3O. The molecule has 0 aliphatic carbocycles. The summed E-state index contributed by atoms with van der Waals surface area (Å²) in [6.45, 7) is 1.83. The molecule has 92 valence electrons. The second kappa shape index (κ2) is 5.06. The molecule has 0 saturated carbocycles. The average molecular weight is 262 g/mol. The summed E-state index contributed by atoms with van der Waals surface area (Å²) in [5, 5.41) is 2.98. The van der Waals surface area contributed by atoms with Crippen LogP contribution in [0.3, 0.4) is 0 Å². The van der Waals surface area contributed by atoms with Crippen molar-refractivity contribution in [2.45, 2.75) is 6.92 Å². The molecule has 0 atom stereocenters. The van der Waals surface area contributed by atoms with Gasteiger partial charge in [-0.25, -0.2) is 4.98 Å². The number of carbonyl (C=O) groups is 1. The molecule has 0 spiro atoms. The zero-order valence-corrected chi connectivity index (χ0v) is 10.5. The van der Waals surface area contributed by atoms with Gasteiger partial charge in [-0.05, 0) is 42.8 Å². The van der Waals surface area contributed by atoms with Crippen LogP contribution in [0.15, 0.2) is 36.5 Å². The van der Waals surface area contributed by atoms with Crippen LogP contribution in [0.1, 0.15) is 15.9 Å². The number of halogens is 1. The molecule has 1 aromatic carbocycles. The van der Waals surface area contributed by atoms with E-state index in [1.54, 1.807) is 36.5 Å². The molecule has 0 radical (unpaired) electrons. The Morgan fingerprint density at radius 3 is 2.83 bits per heavy atom. The molecule has 1 heterocycles. The van der Waals surface area contributed by atoms with Crippen molar-refractivity contribution >= 4 is 28.9 Å². The SMILES string of the molecule is Cc1cc(N)ccc1C(=O)Nc1cccnc1Cl. The smallest absolute Gasteiger partial charge is 0.256 e. The highest BCUT2D eigenvalue weighted by molar-refractivity contribution is 6.32. The maximum Gasteiger partial charge on any atom is 0.256 e. The van der Waals surface area contributed by atoms with Crippen molar-refractivity contribution in [3.8, 4) is 0 Å². The number of nitrogen functional groups attached to an aromatic ring is 1. The normalized spacial score (nSPS) is 10.1. The van der Waals surface area contributed by atoms with Gasteiger partial charge >= 0.3 is 0 Å². The van der Waals surface area contributed by atoms with Gasteiger partial charge in [0.25, 0.3) is 5.91 Å². The molecule has 2 rings (SSSR count). The van der Waals surface area contributed by atoms with E-state index in [9.17, 15) is 4.79 Å². The summed E-state index contributed by atoms with van der Waals surface area (Å²) < 4.78 is 0. The van der Waals surface area contributed by atoms with Crippen LogP contribution in [0.4, 0.5) is 11.4 Å². The maximum absolute atomic E-state index is 12.1. The van der Waals surface area contributed by atoms with E-state index >= 15 is 0 Å². The van der Waals surface area contributed by atoms with Gasteiger partial charge in [0.1, 0.15) is 0 Å². The Kier molecular flexibility index (Phi) is 3.48. The minimum Gasteiger partial charge on any atom is -0.399 e. The molecule has 0 unspecified atom stereocenters. The topological polar surface area (TPSA) is 68.0 Å². The Hall–Kier alpha value is -2.07. The molecule has 0 aliphatic rings. The van der Waals surface area contributed by atoms with E-state index in [0.717, 1.165) is 5.56 Å². The molecule has 3 N–H and O–H groups in total. The number of carbonyl (C=O) groups excluding carboxylic acids is 1. The number of nitrogens with one attached hydrogen (secondary N) is 1. The molecule has 1 aromatic heterocycles. The number of aryl methyl sites for hydroxylation is 1. The quantitative estimate of drug-likeness (QED) is 0.645. The number of benzene rings is 1. The summed E-state index contributed by atoms with van der Waals surface area (Å²) in [6, 6.07) is 8.52. The summed E-state index contributed by atoms with van der Waals surface area (Å²) in [5.41, 5.74) is 8.13. The standard InChI is InChI=1S/C13H12ClN3O/c1-8-7-9(15)4-5-10(8)13(18)17-11-3-2-6-16-12(11)14/h2-7H,15H2,1H3,(H,17,18). The van der Waals surface area contributed by atoms with E-state index in [2.05, 4.69) is 10.3 Å². The molecule has 2 aromatic rings. The lowest BCUT2D eigenvalue weighted by Gasteiger charge is -2.08. The van der Waals surface area contributed by atoms with Crippen LogP contribution >= 0.6 is 11.6 Å². The lowest BCUT2D eigenvalue weighted by atomic mass is 10.1. The van der Waals surface area contributed by atoms with Crippen LogP contribution in [-0.4, -0.2) is 10.9 Å². The van der Waals surface area contributed by atoms with Crippen LogP contribution in [0.5, 0.6) is 0 Å². The summed E-state index contributed by atoms with van der Waals surface area (Å²) in [6.07, 6.45) is 1.56. The number of hydrogen-bond donors (Lipinski definition) is 2. The monoisotopic (exact) mass is 261 g/mol. The van der Waals surface area contributed by atoms with Gasteiger partial charge in [0.2, 0.25) is 0 Å². The van der Waals surface area contributed by atoms with E-state index in [-0.39, 0.29) is 11.1 Å². The molecule has 5 heteroatoms. The fourth-order valence-electron chi connectivity index (χ4n) is 1.61. The number of hydrogen-bond acceptors (Lipinski definition) is 3. The zero-order chi connectivity index (χ0) is 13.1. The number of nitrogens with zero attached hydrogens (tertiary/aromatic N) is 1. The Morgan fingerprint density at radius 1 is 1.39 bits per heavy atom. The lowest BCUT2D eigenvalue weighted by Crippen LogP contribution is -2.14. The number of anilines is 2. The van der Waals surface area contributed by atoms with Crippen molar-refractivity contribution in [3.05, 3.63) is 52.8 Å². The van der Waals surface area contributed by atoms with E-state index in [0.29, 0.717) is 16.9 Å². The van der Waals surface area contributed by atoms with Crippen molar-refractivity contribution in [2.75, 3.05) is 11.1 Å². The van der Waals surface area contributed by atoms with Gasteiger partial charge in [-0.1, -0.05) is 11.6 Å². The van der Waals surface area contributed by atoms with Crippen LogP contribution in [0, 0.1) is 6.92 Å². The fourth-order valence-corrected chi connectivity index (χ4v) is 1.78. The first-order chi connectivity index (χ1) is 8.58. The number of rotatable bonds is 2. The van der Waals surface area contributed by atoms with Crippen molar-refractivity contribution in [2.24, 2.45) is 0 Å². The Morgan fingerprint density at radius 2 is 2.17 bits per heavy atom. The number of aromatic nitrogens is 1. The summed E-state index contributed by atoms with van der Waals surface area (Å²) in [4.78, 5) is 16.0. The van der Waals surface area contributed by atoms with E-state index in [4.69, 9.17) is 17.3 Å². The van der Waals surface area contributed by atoms with Crippen LogP contribution in [0.2, 0.25) is 5.15 Å². The van der Waals surface area contributed by atoms with Crippen LogP contribution in [0.25, 0.3) is 0 Å². The van der Waals surface area contributed by atoms with Gasteiger partial charge in [-0.2, -0.15) is 0 Å². The van der Waals surface area contributed by atoms with Crippen molar-refractivity contribution in [1.29, 1.82) is 0 Å². The predicted molar refractivity (Wildman–Crippen MR) is 72.8 cm³/mol. The largest absolute Gasteiger partial charge is 0.399 e. The highest BCUT2D eigenvalue weighted by Gasteiger charge is 2.11. The maximum atomic E-state index is 12.1. The first kappa shape index (κ1) is 12.4. The molecule has 18 heavy (non-hydrogen) atoms. The number of nitrogens with two attached hydrogens (primary N) is 1. The number of pyridine rings is 1. The minimum absolute atomic E-state index is 0.234. The first-order valence-corrected chi connectivity index (χ1v) is 5.73. The van der Waals surface area contributed by atoms with E-state index in [1.807, 2.05) is 6.92 Å². The molecule has 0 bridgehead atoms. The second-order valence-corrected chi connectivity index (χ2v) is 4.23. The molecule has 4 nitrogen and oxygen atoms in total. The third-order valence-corrected chi connectivity index (χ3v) is 2.80. The van der Waals surface area contributed by atoms with Gasteiger partial charge in [-0.3, -0.25) is 4.79 Å². The summed E-state index contributed by atoms with van der Waals surface area (Å²) in [5.74, 6) is -0.234. The van der Waals surface area contributed by atoms with Crippen molar-refractivity contribution in [1.82, 2.24) is 4.98 Å². The van der Waals surface area contributed by atoms with Gasteiger partial charge < -0.3 is 11.1 Å². The fraction of sp³-hybridized carbons (Fsp3) is 0.0769. The third-order valence-electron chi connectivity index (χ3n) is 2.50. The lowest BCUT2D eigenvalue weighted by molar-refractivity contribution is 0.102. The predicted octanol–water partition coefficient (Wildman–Crippen LogP) is 2.88. The van der Waals surface area contributed by atoms with Crippen LogP contribution < -0.4 is 11.1 Å². The second-order valence-electron chi connectivity index (χ2n) is 3.87. The third kappa shape index (κ3) is 2.60. The average Bonchev–Trinajstić information content (AvgIpc) is 2.32. The number of amides is 1. The van der Waals surface area contributed by atoms with Crippen LogP contribution in [-0.2, 0) is 0 Å². The molecule has 1 amide bonds. The van der Waals surface area contributed by atoms with Crippen molar-refractivity contribution in [3.63, 3.8) is 0 Å². The molecule has 0 aliphatic heterocycles. The highest BCUT2D eigenvalue weighted by atomic mass is 35.5. The van der Waals surface area contributed by atoms with Gasteiger partial charge in [0.05, 0.1) is 5.69 Å². The Bertz CT molecular complexity index is 599. The molecule has 0 saturated heterocycles. The summed E-state index contributed by atoms with van der Waals surface area (Å²) in [7, 11) is 0. The van der Waals surface area contributed by atoms with Gasteiger partial charge in [0.15, 0.2) is 5.15 Å². The van der Waals surface area contributed by atoms with E-state index < -0.39 is 0 Å². The first-order valence-electron chi connectivity index (χ1n) is 5.36.